The summed E-state index contributed by atoms with van der Waals surface area (Å²) in [6, 6.07) is 2.72. The highest BCUT2D eigenvalue weighted by molar-refractivity contribution is 5.98. The summed E-state index contributed by atoms with van der Waals surface area (Å²) in [4.78, 5) is 39.6. The fourth-order valence-corrected chi connectivity index (χ4v) is 3.50. The van der Waals surface area contributed by atoms with Crippen molar-refractivity contribution in [2.24, 2.45) is 0 Å². The number of anilines is 2. The molecule has 1 N–H and O–H groups in total. The van der Waals surface area contributed by atoms with Crippen LogP contribution in [0.5, 0.6) is 11.6 Å². The Labute approximate surface area is 186 Å². The van der Waals surface area contributed by atoms with E-state index in [1.165, 1.54) is 30.2 Å². The Bertz CT molecular complexity index is 996. The van der Waals surface area contributed by atoms with Crippen LogP contribution in [-0.2, 0) is 9.59 Å². The van der Waals surface area contributed by atoms with Crippen LogP contribution < -0.4 is 24.6 Å². The molecule has 0 saturated carbocycles. The lowest BCUT2D eigenvalue weighted by Crippen LogP contribution is -2.59. The Hall–Kier alpha value is -3.64. The van der Waals surface area contributed by atoms with Crippen LogP contribution in [0, 0.1) is 0 Å². The molecule has 33 heavy (non-hydrogen) atoms. The van der Waals surface area contributed by atoms with Crippen LogP contribution in [0.2, 0.25) is 0 Å². The van der Waals surface area contributed by atoms with Crippen molar-refractivity contribution >= 4 is 23.5 Å². The number of ether oxygens (including phenoxy) is 2. The number of aromatic nitrogens is 3. The summed E-state index contributed by atoms with van der Waals surface area (Å²) >= 11 is 0. The molecule has 10 nitrogen and oxygen atoms in total. The average Bonchev–Trinajstić information content (AvgIpc) is 3.09. The van der Waals surface area contributed by atoms with Crippen molar-refractivity contribution in [3.8, 4) is 11.6 Å². The maximum atomic E-state index is 12.7. The minimum Gasteiger partial charge on any atom is -0.479 e. The second-order valence-electron chi connectivity index (χ2n) is 7.66. The van der Waals surface area contributed by atoms with Gasteiger partial charge in [0.15, 0.2) is 12.7 Å². The summed E-state index contributed by atoms with van der Waals surface area (Å²) in [7, 11) is 0. The standard InChI is InChI=1S/C20H21F3N6O4/c1-12(30)27-13-9-28(10-13)19-25-6-14(7-26-19)29-5-4-16(18(29)31)33-15-2-3-17(24-8-15)32-11-20(21,22)23/h2-3,6-8,13,16H,4-5,9-11H2,1H3,(H,27,30)/t16-/m1/s1. The van der Waals surface area contributed by atoms with Crippen molar-refractivity contribution in [2.45, 2.75) is 31.7 Å². The summed E-state index contributed by atoms with van der Waals surface area (Å²) in [6.07, 6.45) is -0.478. The number of alkyl halides is 3. The number of nitrogens with zero attached hydrogens (tertiary/aromatic N) is 5. The van der Waals surface area contributed by atoms with Gasteiger partial charge >= 0.3 is 6.18 Å². The zero-order valence-electron chi connectivity index (χ0n) is 17.6. The Morgan fingerprint density at radius 1 is 1.18 bits per heavy atom. The van der Waals surface area contributed by atoms with E-state index in [0.29, 0.717) is 37.7 Å². The lowest BCUT2D eigenvalue weighted by Gasteiger charge is -2.39. The van der Waals surface area contributed by atoms with Gasteiger partial charge < -0.3 is 24.6 Å². The van der Waals surface area contributed by atoms with E-state index in [9.17, 15) is 22.8 Å². The fraction of sp³-hybridized carbons (Fsp3) is 0.450. The predicted molar refractivity (Wildman–Crippen MR) is 109 cm³/mol. The van der Waals surface area contributed by atoms with Crippen LogP contribution in [0.15, 0.2) is 30.7 Å². The first-order chi connectivity index (χ1) is 15.7. The molecule has 2 aliphatic heterocycles. The molecule has 13 heteroatoms. The zero-order valence-corrected chi connectivity index (χ0v) is 17.6. The van der Waals surface area contributed by atoms with E-state index < -0.39 is 18.9 Å². The molecule has 2 saturated heterocycles. The SMILES string of the molecule is CC(=O)NC1CN(c2ncc(N3CC[C@@H](Oc4ccc(OCC(F)(F)F)nc4)C3=O)cn2)C1. The van der Waals surface area contributed by atoms with E-state index >= 15 is 0 Å². The summed E-state index contributed by atoms with van der Waals surface area (Å²) < 4.78 is 46.8. The molecular weight excluding hydrogens is 445 g/mol. The highest BCUT2D eigenvalue weighted by atomic mass is 19.4. The van der Waals surface area contributed by atoms with Crippen LogP contribution >= 0.6 is 0 Å². The van der Waals surface area contributed by atoms with Gasteiger partial charge in [-0.3, -0.25) is 9.59 Å². The van der Waals surface area contributed by atoms with Crippen molar-refractivity contribution in [2.75, 3.05) is 36.0 Å². The summed E-state index contributed by atoms with van der Waals surface area (Å²) in [5.74, 6) is 0.202. The van der Waals surface area contributed by atoms with Crippen molar-refractivity contribution in [1.29, 1.82) is 0 Å². The number of carbonyl (C=O) groups is 2. The molecule has 0 spiro atoms. The molecule has 0 radical (unpaired) electrons. The van der Waals surface area contributed by atoms with Gasteiger partial charge in [0.2, 0.25) is 17.7 Å². The largest absolute Gasteiger partial charge is 0.479 e. The fourth-order valence-electron chi connectivity index (χ4n) is 3.50. The van der Waals surface area contributed by atoms with Crippen molar-refractivity contribution in [3.05, 3.63) is 30.7 Å². The molecule has 2 fully saturated rings. The molecule has 2 aromatic heterocycles. The Balaban J connectivity index is 1.29. The quantitative estimate of drug-likeness (QED) is 0.651. The Morgan fingerprint density at radius 3 is 2.52 bits per heavy atom. The maximum Gasteiger partial charge on any atom is 0.422 e. The van der Waals surface area contributed by atoms with Crippen LogP contribution in [-0.4, -0.2) is 71.3 Å². The molecule has 176 valence electrons. The minimum absolute atomic E-state index is 0.0728. The Kier molecular flexibility index (Phi) is 6.20. The molecule has 1 atom stereocenters. The van der Waals surface area contributed by atoms with Crippen molar-refractivity contribution < 1.29 is 32.2 Å². The molecular formula is C20H21F3N6O4. The molecule has 0 aromatic carbocycles. The molecule has 2 aliphatic rings. The highest BCUT2D eigenvalue weighted by Crippen LogP contribution is 2.26. The van der Waals surface area contributed by atoms with E-state index in [1.807, 2.05) is 4.90 Å². The third-order valence-corrected chi connectivity index (χ3v) is 5.04. The van der Waals surface area contributed by atoms with Crippen LogP contribution in [0.25, 0.3) is 0 Å². The third-order valence-electron chi connectivity index (χ3n) is 5.04. The summed E-state index contributed by atoms with van der Waals surface area (Å²) in [6.45, 7) is 1.67. The first-order valence-electron chi connectivity index (χ1n) is 10.2. The number of pyridine rings is 1. The Morgan fingerprint density at radius 2 is 1.91 bits per heavy atom. The normalized spacial score (nSPS) is 18.8. The number of rotatable bonds is 7. The number of carbonyl (C=O) groups excluding carboxylic acids is 2. The number of hydrogen-bond acceptors (Lipinski definition) is 8. The molecule has 4 heterocycles. The predicted octanol–water partition coefficient (Wildman–Crippen LogP) is 1.32. The number of nitrogens with one attached hydrogen (secondary N) is 1. The maximum absolute atomic E-state index is 12.7. The van der Waals surface area contributed by atoms with Gasteiger partial charge in [0.1, 0.15) is 5.75 Å². The van der Waals surface area contributed by atoms with Gasteiger partial charge in [-0.25, -0.2) is 15.0 Å². The molecule has 2 aromatic rings. The van der Waals surface area contributed by atoms with Gasteiger partial charge in [-0.2, -0.15) is 13.2 Å². The summed E-state index contributed by atoms with van der Waals surface area (Å²) in [5, 5.41) is 2.82. The smallest absolute Gasteiger partial charge is 0.422 e. The van der Waals surface area contributed by atoms with Crippen LogP contribution in [0.4, 0.5) is 24.8 Å². The zero-order chi connectivity index (χ0) is 23.6. The molecule has 2 amide bonds. The lowest BCUT2D eigenvalue weighted by atomic mass is 10.1. The van der Waals surface area contributed by atoms with E-state index in [2.05, 4.69) is 25.0 Å². The average molecular weight is 466 g/mol. The van der Waals surface area contributed by atoms with Crippen LogP contribution in [0.3, 0.4) is 0 Å². The van der Waals surface area contributed by atoms with Gasteiger partial charge in [-0.15, -0.1) is 0 Å². The second kappa shape index (κ2) is 9.08. The first-order valence-corrected chi connectivity index (χ1v) is 10.2. The van der Waals surface area contributed by atoms with E-state index in [0.717, 1.165) is 0 Å². The number of amides is 2. The van der Waals surface area contributed by atoms with E-state index in [4.69, 9.17) is 4.74 Å². The van der Waals surface area contributed by atoms with Crippen LogP contribution in [0.1, 0.15) is 13.3 Å². The van der Waals surface area contributed by atoms with Crippen molar-refractivity contribution in [1.82, 2.24) is 20.3 Å². The number of halogens is 3. The summed E-state index contributed by atoms with van der Waals surface area (Å²) in [5.41, 5.74) is 0.530. The third kappa shape index (κ3) is 5.59. The molecule has 0 unspecified atom stereocenters. The monoisotopic (exact) mass is 466 g/mol. The molecule has 0 aliphatic carbocycles. The van der Waals surface area contributed by atoms with Gasteiger partial charge in [-0.05, 0) is 6.07 Å². The van der Waals surface area contributed by atoms with E-state index in [-0.39, 0.29) is 29.5 Å². The first kappa shape index (κ1) is 22.6. The van der Waals surface area contributed by atoms with Gasteiger partial charge in [0, 0.05) is 39.0 Å². The van der Waals surface area contributed by atoms with E-state index in [1.54, 1.807) is 12.4 Å². The minimum atomic E-state index is -4.46. The number of hydrogen-bond donors (Lipinski definition) is 1. The molecule has 4 rings (SSSR count). The lowest BCUT2D eigenvalue weighted by molar-refractivity contribution is -0.154. The van der Waals surface area contributed by atoms with Gasteiger partial charge in [-0.1, -0.05) is 0 Å². The molecule has 0 bridgehead atoms. The van der Waals surface area contributed by atoms with Gasteiger partial charge in [0.05, 0.1) is 30.3 Å². The van der Waals surface area contributed by atoms with Crippen molar-refractivity contribution in [3.63, 3.8) is 0 Å². The highest BCUT2D eigenvalue weighted by Gasteiger charge is 2.35. The van der Waals surface area contributed by atoms with Gasteiger partial charge in [0.25, 0.3) is 5.91 Å². The topological polar surface area (TPSA) is 110 Å². The second-order valence-corrected chi connectivity index (χ2v) is 7.66.